The van der Waals surface area contributed by atoms with Gasteiger partial charge in [-0.25, -0.2) is 0 Å². The Labute approximate surface area is 94.2 Å². The van der Waals surface area contributed by atoms with Crippen LogP contribution in [0.15, 0.2) is 30.3 Å². The van der Waals surface area contributed by atoms with Gasteiger partial charge in [-0.1, -0.05) is 0 Å². The van der Waals surface area contributed by atoms with E-state index >= 15 is 0 Å². The normalized spacial score (nSPS) is 8.91. The molecule has 0 fully saturated rings. The van der Waals surface area contributed by atoms with E-state index in [0.29, 0.717) is 0 Å². The molecule has 0 amide bonds. The second-order valence-electron chi connectivity index (χ2n) is 2.04. The molecule has 0 aromatic heterocycles. The van der Waals surface area contributed by atoms with Crippen molar-refractivity contribution < 1.29 is 47.0 Å². The number of halogens is 1. The van der Waals surface area contributed by atoms with E-state index in [0.717, 1.165) is 11.8 Å². The average molecular weight is 313 g/mol. The van der Waals surface area contributed by atoms with E-state index < -0.39 is 0 Å². The summed E-state index contributed by atoms with van der Waals surface area (Å²) in [7, 11) is 0. The molecule has 0 atom stereocenters. The predicted octanol–water partition coefficient (Wildman–Crippen LogP) is -1.29. The summed E-state index contributed by atoms with van der Waals surface area (Å²) < 4.78 is 5.28. The Morgan fingerprint density at radius 1 is 1.18 bits per heavy atom. The quantitative estimate of drug-likeness (QED) is 0.499. The molecule has 0 heterocycles. The van der Waals surface area contributed by atoms with Crippen molar-refractivity contribution in [2.45, 2.75) is 6.61 Å². The topological polar surface area (TPSA) is 9.23 Å². The van der Waals surface area contributed by atoms with Gasteiger partial charge in [-0.2, -0.15) is 0 Å². The van der Waals surface area contributed by atoms with E-state index in [-0.39, 0.29) is 24.0 Å². The molecule has 0 aliphatic carbocycles. The van der Waals surface area contributed by atoms with Gasteiger partial charge in [0.25, 0.3) is 0 Å². The summed E-state index contributed by atoms with van der Waals surface area (Å²) >= 11 is 1.22. The molecule has 56 valence electrons. The zero-order chi connectivity index (χ0) is 7.23. The van der Waals surface area contributed by atoms with Gasteiger partial charge in [0.05, 0.1) is 0 Å². The average Bonchev–Trinajstić information content (AvgIpc) is 2.03. The zero-order valence-electron chi connectivity index (χ0n) is 6.29. The third-order valence-electron chi connectivity index (χ3n) is 1.26. The van der Waals surface area contributed by atoms with E-state index in [9.17, 15) is 0 Å². The molecule has 1 aromatic carbocycles. The van der Waals surface area contributed by atoms with E-state index in [1.807, 2.05) is 18.2 Å². The molecule has 0 spiro atoms. The van der Waals surface area contributed by atoms with Gasteiger partial charge < -0.3 is 24.0 Å². The summed E-state index contributed by atoms with van der Waals surface area (Å²) in [6.45, 7) is 0.765. The molecule has 0 saturated heterocycles. The van der Waals surface area contributed by atoms with Crippen molar-refractivity contribution in [3.63, 3.8) is 0 Å². The Morgan fingerprint density at radius 3 is 2.36 bits per heavy atom. The molecule has 1 rings (SSSR count). The fraction of sp³-hybridized carbons (Fsp3) is 0.250. The third-order valence-corrected chi connectivity index (χ3v) is 1.86. The Kier molecular flexibility index (Phi) is 7.55. The van der Waals surface area contributed by atoms with Crippen molar-refractivity contribution in [1.82, 2.24) is 0 Å². The van der Waals surface area contributed by atoms with E-state index in [1.165, 1.54) is 23.9 Å². The van der Waals surface area contributed by atoms with Gasteiger partial charge in [0.15, 0.2) is 0 Å². The number of benzene rings is 1. The first-order chi connectivity index (χ1) is 4.93. The van der Waals surface area contributed by atoms with Crippen molar-refractivity contribution in [3.05, 3.63) is 35.9 Å². The summed E-state index contributed by atoms with van der Waals surface area (Å²) in [6.07, 6.45) is 0. The second-order valence-corrected chi connectivity index (χ2v) is 2.89. The minimum absolute atomic E-state index is 0. The van der Waals surface area contributed by atoms with Gasteiger partial charge in [-0.05, 0) is 0 Å². The van der Waals surface area contributed by atoms with Gasteiger partial charge >= 0.3 is 70.7 Å². The maximum absolute atomic E-state index is 5.28. The Balaban J connectivity index is 0.000001000. The SMILES string of the molecule is [I-].[Zn+][CH2]OCc1ccccc1. The number of rotatable bonds is 3. The monoisotopic (exact) mass is 312 g/mol. The van der Waals surface area contributed by atoms with Crippen LogP contribution in [0.3, 0.4) is 0 Å². The predicted molar refractivity (Wildman–Crippen MR) is 36.1 cm³/mol. The van der Waals surface area contributed by atoms with E-state index in [1.54, 1.807) is 0 Å². The summed E-state index contributed by atoms with van der Waals surface area (Å²) in [5.74, 6) is 0. The molecule has 0 N–H and O–H groups in total. The van der Waals surface area contributed by atoms with Crippen LogP contribution in [0, 0.1) is 0 Å². The maximum atomic E-state index is 5.28. The van der Waals surface area contributed by atoms with Crippen molar-refractivity contribution in [2.24, 2.45) is 0 Å². The molecule has 1 nitrogen and oxygen atoms in total. The number of ether oxygens (including phenoxy) is 1. The summed E-state index contributed by atoms with van der Waals surface area (Å²) in [4.78, 5) is 0. The molecule has 0 radical (unpaired) electrons. The van der Waals surface area contributed by atoms with Gasteiger partial charge in [0, 0.05) is 0 Å². The van der Waals surface area contributed by atoms with Crippen molar-refractivity contribution in [2.75, 3.05) is 5.20 Å². The Hall–Kier alpha value is 0.533. The Bertz CT molecular complexity index is 179. The fourth-order valence-electron chi connectivity index (χ4n) is 0.764. The second kappa shape index (κ2) is 7.20. The Morgan fingerprint density at radius 2 is 1.82 bits per heavy atom. The molecule has 1 aromatic rings. The standard InChI is InChI=1S/C8H9O.HI.Zn/c1-9-7-8-5-3-2-4-6-8;;/h2-6H,1,7H2;1H;/q;;+1/p-1. The molecular weight excluding hydrogens is 304 g/mol. The summed E-state index contributed by atoms with van der Waals surface area (Å²) in [6, 6.07) is 10.2. The molecule has 0 saturated carbocycles. The molecule has 0 bridgehead atoms. The van der Waals surface area contributed by atoms with Gasteiger partial charge in [-0.15, -0.1) is 0 Å². The molecule has 11 heavy (non-hydrogen) atoms. The summed E-state index contributed by atoms with van der Waals surface area (Å²) in [5, 5.41) is 0.912. The van der Waals surface area contributed by atoms with Crippen LogP contribution in [0.1, 0.15) is 5.56 Å². The first-order valence-electron chi connectivity index (χ1n) is 3.34. The van der Waals surface area contributed by atoms with Crippen LogP contribution < -0.4 is 24.0 Å². The third kappa shape index (κ3) is 4.88. The van der Waals surface area contributed by atoms with E-state index in [2.05, 4.69) is 12.1 Å². The molecule has 0 unspecified atom stereocenters. The van der Waals surface area contributed by atoms with Crippen LogP contribution in [0.4, 0.5) is 0 Å². The molecule has 3 heteroatoms. The van der Waals surface area contributed by atoms with Crippen LogP contribution in [-0.2, 0) is 29.6 Å². The van der Waals surface area contributed by atoms with Gasteiger partial charge in [0.1, 0.15) is 0 Å². The van der Waals surface area contributed by atoms with Crippen molar-refractivity contribution in [3.8, 4) is 0 Å². The summed E-state index contributed by atoms with van der Waals surface area (Å²) in [5.41, 5.74) is 1.26. The first kappa shape index (κ1) is 11.5. The minimum atomic E-state index is 0. The van der Waals surface area contributed by atoms with Gasteiger partial charge in [0.2, 0.25) is 0 Å². The zero-order valence-corrected chi connectivity index (χ0v) is 11.4. The molecular formula is C8H9IOZn. The van der Waals surface area contributed by atoms with Crippen LogP contribution in [-0.4, -0.2) is 5.20 Å². The van der Waals surface area contributed by atoms with Crippen molar-refractivity contribution >= 4 is 0 Å². The first-order valence-corrected chi connectivity index (χ1v) is 5.44. The van der Waals surface area contributed by atoms with Crippen LogP contribution in [0.5, 0.6) is 0 Å². The van der Waals surface area contributed by atoms with Crippen LogP contribution >= 0.6 is 0 Å². The van der Waals surface area contributed by atoms with Crippen molar-refractivity contribution in [1.29, 1.82) is 0 Å². The van der Waals surface area contributed by atoms with Crippen LogP contribution in [0.2, 0.25) is 0 Å². The number of hydrogen-bond donors (Lipinski definition) is 0. The van der Waals surface area contributed by atoms with Crippen LogP contribution in [0.25, 0.3) is 0 Å². The fourth-order valence-corrected chi connectivity index (χ4v) is 1.07. The molecule has 0 aliphatic rings. The van der Waals surface area contributed by atoms with Gasteiger partial charge in [-0.3, -0.25) is 0 Å². The van der Waals surface area contributed by atoms with E-state index in [4.69, 9.17) is 4.74 Å². The molecule has 0 aliphatic heterocycles. The number of hydrogen-bond acceptors (Lipinski definition) is 1.